The van der Waals surface area contributed by atoms with E-state index in [1.165, 1.54) is 11.0 Å². The maximum absolute atomic E-state index is 13.9. The molecule has 3 nitrogen and oxygen atoms in total. The number of ether oxygens (including phenoxy) is 1. The first-order chi connectivity index (χ1) is 11.6. The van der Waals surface area contributed by atoms with Gasteiger partial charge in [-0.25, -0.2) is 8.78 Å². The Kier molecular flexibility index (Phi) is 4.79. The second-order valence-corrected chi connectivity index (χ2v) is 5.85. The van der Waals surface area contributed by atoms with Crippen LogP contribution in [-0.4, -0.2) is 19.6 Å². The van der Waals surface area contributed by atoms with Crippen LogP contribution in [0, 0.1) is 11.6 Å². The van der Waals surface area contributed by atoms with Gasteiger partial charge in [-0.1, -0.05) is 18.2 Å². The van der Waals surface area contributed by atoms with E-state index in [9.17, 15) is 13.6 Å². The van der Waals surface area contributed by atoms with Crippen LogP contribution in [0.15, 0.2) is 36.4 Å². The number of hydrogen-bond acceptors (Lipinski definition) is 2. The minimum Gasteiger partial charge on any atom is -0.496 e. The van der Waals surface area contributed by atoms with Gasteiger partial charge in [-0.15, -0.1) is 0 Å². The molecule has 0 N–H and O–H groups in total. The van der Waals surface area contributed by atoms with Gasteiger partial charge in [0.2, 0.25) is 5.91 Å². The third kappa shape index (κ3) is 3.25. The first-order valence-corrected chi connectivity index (χ1v) is 8.00. The highest BCUT2D eigenvalue weighted by Gasteiger charge is 2.25. The molecule has 24 heavy (non-hydrogen) atoms. The Morgan fingerprint density at radius 3 is 2.83 bits per heavy atom. The van der Waals surface area contributed by atoms with Crippen molar-refractivity contribution in [2.45, 2.75) is 25.7 Å². The Hall–Kier alpha value is -2.43. The summed E-state index contributed by atoms with van der Waals surface area (Å²) in [7, 11) is 1.59. The van der Waals surface area contributed by atoms with Crippen molar-refractivity contribution in [2.24, 2.45) is 0 Å². The molecule has 0 radical (unpaired) electrons. The molecule has 1 aliphatic rings. The van der Waals surface area contributed by atoms with Gasteiger partial charge in [0.05, 0.1) is 12.8 Å². The zero-order valence-corrected chi connectivity index (χ0v) is 13.5. The summed E-state index contributed by atoms with van der Waals surface area (Å²) >= 11 is 0. The summed E-state index contributed by atoms with van der Waals surface area (Å²) in [6, 6.07) is 9.65. The van der Waals surface area contributed by atoms with Crippen molar-refractivity contribution in [3.05, 3.63) is 59.2 Å². The molecule has 2 aromatic rings. The summed E-state index contributed by atoms with van der Waals surface area (Å²) in [6.07, 6.45) is 1.98. The zero-order chi connectivity index (χ0) is 17.1. The first kappa shape index (κ1) is 16.4. The van der Waals surface area contributed by atoms with E-state index >= 15 is 0 Å². The highest BCUT2D eigenvalue weighted by atomic mass is 19.1. The first-order valence-electron chi connectivity index (χ1n) is 8.00. The third-order valence-corrected chi connectivity index (χ3v) is 4.34. The van der Waals surface area contributed by atoms with Crippen LogP contribution in [0.2, 0.25) is 0 Å². The molecule has 0 aromatic heterocycles. The highest BCUT2D eigenvalue weighted by Crippen LogP contribution is 2.31. The number of hydrogen-bond donors (Lipinski definition) is 0. The Labute approximate surface area is 139 Å². The molecule has 0 saturated carbocycles. The Bertz CT molecular complexity index is 761. The van der Waals surface area contributed by atoms with Gasteiger partial charge in [0.15, 0.2) is 0 Å². The molecule has 1 heterocycles. The number of carbonyl (C=O) groups is 1. The molecule has 0 saturated heterocycles. The minimum absolute atomic E-state index is 0.133. The second-order valence-electron chi connectivity index (χ2n) is 5.85. The van der Waals surface area contributed by atoms with Crippen molar-refractivity contribution >= 4 is 11.6 Å². The highest BCUT2D eigenvalue weighted by molar-refractivity contribution is 5.94. The summed E-state index contributed by atoms with van der Waals surface area (Å²) in [5.41, 5.74) is 1.73. The van der Waals surface area contributed by atoms with Gasteiger partial charge in [-0.05, 0) is 37.0 Å². The molecule has 2 aromatic carbocycles. The lowest BCUT2D eigenvalue weighted by Gasteiger charge is -2.30. The summed E-state index contributed by atoms with van der Waals surface area (Å²) in [6.45, 7) is 0.487. The fourth-order valence-electron chi connectivity index (χ4n) is 3.16. The van der Waals surface area contributed by atoms with E-state index in [0.717, 1.165) is 17.4 Å². The van der Waals surface area contributed by atoms with Gasteiger partial charge < -0.3 is 9.64 Å². The number of benzene rings is 2. The van der Waals surface area contributed by atoms with Crippen LogP contribution in [-0.2, 0) is 17.6 Å². The molecular weight excluding hydrogens is 312 g/mol. The SMILES string of the molecule is COc1ccccc1CCC(=O)N1CCCc2c(F)cc(F)cc21. The van der Waals surface area contributed by atoms with Crippen molar-refractivity contribution < 1.29 is 18.3 Å². The number of nitrogens with zero attached hydrogens (tertiary/aromatic N) is 1. The van der Waals surface area contributed by atoms with Gasteiger partial charge in [0.25, 0.3) is 0 Å². The predicted octanol–water partition coefficient (Wildman–Crippen LogP) is 3.89. The lowest BCUT2D eigenvalue weighted by atomic mass is 10.00. The number of aryl methyl sites for hydroxylation is 1. The van der Waals surface area contributed by atoms with E-state index in [1.807, 2.05) is 24.3 Å². The average molecular weight is 331 g/mol. The lowest BCUT2D eigenvalue weighted by Crippen LogP contribution is -2.36. The number of carbonyl (C=O) groups excluding carboxylic acids is 1. The van der Waals surface area contributed by atoms with Crippen LogP contribution in [0.4, 0.5) is 14.5 Å². The minimum atomic E-state index is -0.657. The number of amides is 1. The molecule has 0 aliphatic carbocycles. The molecule has 0 atom stereocenters. The van der Waals surface area contributed by atoms with E-state index < -0.39 is 11.6 Å². The summed E-state index contributed by atoms with van der Waals surface area (Å²) in [5, 5.41) is 0. The molecule has 3 rings (SSSR count). The van der Waals surface area contributed by atoms with Crippen LogP contribution in [0.25, 0.3) is 0 Å². The topological polar surface area (TPSA) is 29.5 Å². The van der Waals surface area contributed by atoms with Crippen molar-refractivity contribution in [1.29, 1.82) is 0 Å². The number of fused-ring (bicyclic) bond motifs is 1. The summed E-state index contributed by atoms with van der Waals surface area (Å²) in [4.78, 5) is 14.1. The van der Waals surface area contributed by atoms with E-state index in [-0.39, 0.29) is 12.3 Å². The number of halogens is 2. The Balaban J connectivity index is 1.77. The average Bonchev–Trinajstić information content (AvgIpc) is 2.59. The molecule has 0 spiro atoms. The zero-order valence-electron chi connectivity index (χ0n) is 13.5. The standard InChI is InChI=1S/C19H19F2NO2/c1-24-18-7-3-2-5-13(18)8-9-19(23)22-10-4-6-15-16(21)11-14(20)12-17(15)22/h2-3,5,7,11-12H,4,6,8-10H2,1H3. The van der Waals surface area contributed by atoms with E-state index in [2.05, 4.69) is 0 Å². The van der Waals surface area contributed by atoms with E-state index in [1.54, 1.807) is 7.11 Å². The molecular formula is C19H19F2NO2. The predicted molar refractivity (Wildman–Crippen MR) is 88.3 cm³/mol. The maximum Gasteiger partial charge on any atom is 0.227 e. The Morgan fingerprint density at radius 2 is 2.04 bits per heavy atom. The number of rotatable bonds is 4. The van der Waals surface area contributed by atoms with Crippen LogP contribution in [0.3, 0.4) is 0 Å². The fourth-order valence-corrected chi connectivity index (χ4v) is 3.16. The van der Waals surface area contributed by atoms with Crippen LogP contribution < -0.4 is 9.64 Å². The third-order valence-electron chi connectivity index (χ3n) is 4.34. The van der Waals surface area contributed by atoms with E-state index in [4.69, 9.17) is 4.74 Å². The van der Waals surface area contributed by atoms with Gasteiger partial charge in [0, 0.05) is 24.6 Å². The quantitative estimate of drug-likeness (QED) is 0.851. The van der Waals surface area contributed by atoms with Crippen LogP contribution >= 0.6 is 0 Å². The molecule has 126 valence electrons. The molecule has 0 fully saturated rings. The summed E-state index contributed by atoms with van der Waals surface area (Å²) < 4.78 is 32.8. The lowest BCUT2D eigenvalue weighted by molar-refractivity contribution is -0.118. The normalized spacial score (nSPS) is 13.5. The van der Waals surface area contributed by atoms with Gasteiger partial charge >= 0.3 is 0 Å². The largest absolute Gasteiger partial charge is 0.496 e. The molecule has 0 unspecified atom stereocenters. The van der Waals surface area contributed by atoms with E-state index in [0.29, 0.717) is 37.1 Å². The smallest absolute Gasteiger partial charge is 0.227 e. The molecule has 0 bridgehead atoms. The van der Waals surface area contributed by atoms with Crippen LogP contribution in [0.1, 0.15) is 24.0 Å². The van der Waals surface area contributed by atoms with Gasteiger partial charge in [-0.2, -0.15) is 0 Å². The molecule has 1 aliphatic heterocycles. The van der Waals surface area contributed by atoms with Crippen molar-refractivity contribution in [3.63, 3.8) is 0 Å². The maximum atomic E-state index is 13.9. The van der Waals surface area contributed by atoms with Gasteiger partial charge in [0.1, 0.15) is 17.4 Å². The number of anilines is 1. The van der Waals surface area contributed by atoms with Gasteiger partial charge in [-0.3, -0.25) is 4.79 Å². The fraction of sp³-hybridized carbons (Fsp3) is 0.316. The van der Waals surface area contributed by atoms with Crippen molar-refractivity contribution in [2.75, 3.05) is 18.6 Å². The number of para-hydroxylation sites is 1. The Morgan fingerprint density at radius 1 is 1.25 bits per heavy atom. The van der Waals surface area contributed by atoms with Crippen molar-refractivity contribution in [1.82, 2.24) is 0 Å². The number of methoxy groups -OCH3 is 1. The molecule has 5 heteroatoms. The second kappa shape index (κ2) is 6.99. The van der Waals surface area contributed by atoms with Crippen LogP contribution in [0.5, 0.6) is 5.75 Å². The monoisotopic (exact) mass is 331 g/mol. The summed E-state index contributed by atoms with van der Waals surface area (Å²) in [5.74, 6) is -0.629. The van der Waals surface area contributed by atoms with Crippen molar-refractivity contribution in [3.8, 4) is 5.75 Å². The molecule has 1 amide bonds.